The Hall–Kier alpha value is -1.62. The van der Waals surface area contributed by atoms with Gasteiger partial charge in [-0.1, -0.05) is 6.07 Å². The molecule has 1 saturated heterocycles. The number of nitrogens with one attached hydrogen (secondary N) is 2. The van der Waals surface area contributed by atoms with Gasteiger partial charge in [0.15, 0.2) is 0 Å². The molecule has 5 nitrogen and oxygen atoms in total. The van der Waals surface area contributed by atoms with Crippen molar-refractivity contribution in [1.82, 2.24) is 5.32 Å². The van der Waals surface area contributed by atoms with Crippen LogP contribution in [0.5, 0.6) is 0 Å². The monoisotopic (exact) mass is 249 g/mol. The van der Waals surface area contributed by atoms with Gasteiger partial charge < -0.3 is 10.6 Å². The van der Waals surface area contributed by atoms with Gasteiger partial charge in [0.1, 0.15) is 0 Å². The lowest BCUT2D eigenvalue weighted by atomic mass is 10.1. The Morgan fingerprint density at radius 3 is 3.06 bits per heavy atom. The molecule has 0 spiro atoms. The Morgan fingerprint density at radius 1 is 1.56 bits per heavy atom. The highest BCUT2D eigenvalue weighted by molar-refractivity contribution is 5.56. The molecule has 1 heterocycles. The fourth-order valence-corrected chi connectivity index (χ4v) is 2.30. The van der Waals surface area contributed by atoms with Crippen LogP contribution >= 0.6 is 0 Å². The Labute approximate surface area is 107 Å². The SMILES string of the molecule is Cc1ccc([N+](=O)[O-])cc1NCCC1CCCN1. The molecule has 1 aliphatic heterocycles. The van der Waals surface area contributed by atoms with Gasteiger partial charge >= 0.3 is 0 Å². The maximum absolute atomic E-state index is 10.7. The average Bonchev–Trinajstić information content (AvgIpc) is 2.84. The number of benzene rings is 1. The molecule has 18 heavy (non-hydrogen) atoms. The van der Waals surface area contributed by atoms with Crippen molar-refractivity contribution in [2.24, 2.45) is 0 Å². The number of hydrogen-bond acceptors (Lipinski definition) is 4. The van der Waals surface area contributed by atoms with E-state index in [0.717, 1.165) is 30.8 Å². The third-order valence-corrected chi connectivity index (χ3v) is 3.40. The van der Waals surface area contributed by atoms with E-state index >= 15 is 0 Å². The summed E-state index contributed by atoms with van der Waals surface area (Å²) in [6.07, 6.45) is 3.54. The second kappa shape index (κ2) is 5.82. The van der Waals surface area contributed by atoms with Crippen LogP contribution in [0.15, 0.2) is 18.2 Å². The zero-order chi connectivity index (χ0) is 13.0. The minimum atomic E-state index is -0.358. The van der Waals surface area contributed by atoms with Crippen molar-refractivity contribution >= 4 is 11.4 Å². The minimum absolute atomic E-state index is 0.141. The first-order valence-electron chi connectivity index (χ1n) is 6.39. The van der Waals surface area contributed by atoms with Crippen molar-refractivity contribution in [3.63, 3.8) is 0 Å². The van der Waals surface area contributed by atoms with Gasteiger partial charge in [0, 0.05) is 30.4 Å². The molecule has 1 aromatic rings. The number of hydrogen-bond donors (Lipinski definition) is 2. The van der Waals surface area contributed by atoms with Crippen molar-refractivity contribution in [2.45, 2.75) is 32.2 Å². The normalized spacial score (nSPS) is 18.8. The minimum Gasteiger partial charge on any atom is -0.385 e. The second-order valence-electron chi connectivity index (χ2n) is 4.77. The number of anilines is 1. The Balaban J connectivity index is 1.91. The van der Waals surface area contributed by atoms with E-state index in [1.807, 2.05) is 6.92 Å². The maximum Gasteiger partial charge on any atom is 0.271 e. The average molecular weight is 249 g/mol. The largest absolute Gasteiger partial charge is 0.385 e. The molecule has 0 amide bonds. The highest BCUT2D eigenvalue weighted by Gasteiger charge is 2.13. The van der Waals surface area contributed by atoms with Crippen LogP contribution in [0.4, 0.5) is 11.4 Å². The topological polar surface area (TPSA) is 67.2 Å². The molecule has 0 saturated carbocycles. The van der Waals surface area contributed by atoms with Crippen LogP contribution in [0.3, 0.4) is 0 Å². The van der Waals surface area contributed by atoms with Gasteiger partial charge in [-0.2, -0.15) is 0 Å². The van der Waals surface area contributed by atoms with Gasteiger partial charge in [0.2, 0.25) is 0 Å². The molecule has 98 valence electrons. The fourth-order valence-electron chi connectivity index (χ4n) is 2.30. The molecule has 1 atom stereocenters. The van der Waals surface area contributed by atoms with E-state index in [2.05, 4.69) is 10.6 Å². The Morgan fingerprint density at radius 2 is 2.39 bits per heavy atom. The number of rotatable bonds is 5. The highest BCUT2D eigenvalue weighted by Crippen LogP contribution is 2.22. The number of non-ortho nitro benzene ring substituents is 1. The molecule has 0 radical (unpaired) electrons. The number of nitro benzene ring substituents is 1. The Bertz CT molecular complexity index is 428. The molecule has 2 rings (SSSR count). The van der Waals surface area contributed by atoms with E-state index in [4.69, 9.17) is 0 Å². The molecule has 1 aliphatic rings. The number of aryl methyl sites for hydroxylation is 1. The lowest BCUT2D eigenvalue weighted by molar-refractivity contribution is -0.384. The van der Waals surface area contributed by atoms with E-state index < -0.39 is 0 Å². The quantitative estimate of drug-likeness (QED) is 0.621. The molecule has 2 N–H and O–H groups in total. The molecular formula is C13H19N3O2. The molecule has 1 unspecified atom stereocenters. The van der Waals surface area contributed by atoms with Gasteiger partial charge in [-0.05, 0) is 38.3 Å². The molecule has 5 heteroatoms. The molecule has 0 bridgehead atoms. The second-order valence-corrected chi connectivity index (χ2v) is 4.77. The first-order chi connectivity index (χ1) is 8.66. The molecule has 1 aromatic carbocycles. The lowest BCUT2D eigenvalue weighted by Gasteiger charge is -2.13. The van der Waals surface area contributed by atoms with Gasteiger partial charge in [-0.25, -0.2) is 0 Å². The predicted molar refractivity (Wildman–Crippen MR) is 72.0 cm³/mol. The number of nitrogens with zero attached hydrogens (tertiary/aromatic N) is 1. The van der Waals surface area contributed by atoms with Crippen LogP contribution in [0.25, 0.3) is 0 Å². The van der Waals surface area contributed by atoms with E-state index in [1.165, 1.54) is 12.8 Å². The third kappa shape index (κ3) is 3.20. The van der Waals surface area contributed by atoms with Crippen molar-refractivity contribution in [3.05, 3.63) is 33.9 Å². The van der Waals surface area contributed by atoms with E-state index in [9.17, 15) is 10.1 Å². The molecule has 0 aromatic heterocycles. The van der Waals surface area contributed by atoms with Crippen molar-refractivity contribution < 1.29 is 4.92 Å². The summed E-state index contributed by atoms with van der Waals surface area (Å²) in [6.45, 7) is 3.92. The van der Waals surface area contributed by atoms with Crippen LogP contribution in [-0.4, -0.2) is 24.1 Å². The van der Waals surface area contributed by atoms with E-state index in [1.54, 1.807) is 18.2 Å². The first kappa shape index (κ1) is 12.8. The smallest absolute Gasteiger partial charge is 0.271 e. The Kier molecular flexibility index (Phi) is 4.15. The maximum atomic E-state index is 10.7. The fraction of sp³-hybridized carbons (Fsp3) is 0.538. The van der Waals surface area contributed by atoms with Crippen molar-refractivity contribution in [3.8, 4) is 0 Å². The standard InChI is InChI=1S/C13H19N3O2/c1-10-4-5-12(16(17)18)9-13(10)15-8-6-11-3-2-7-14-11/h4-5,9,11,14-15H,2-3,6-8H2,1H3. The molecule has 1 fully saturated rings. The summed E-state index contributed by atoms with van der Waals surface area (Å²) in [5, 5.41) is 17.4. The van der Waals surface area contributed by atoms with Crippen LogP contribution in [0.2, 0.25) is 0 Å². The third-order valence-electron chi connectivity index (χ3n) is 3.40. The molecule has 0 aliphatic carbocycles. The van der Waals surface area contributed by atoms with Gasteiger partial charge in [-0.15, -0.1) is 0 Å². The number of nitro groups is 1. The summed E-state index contributed by atoms with van der Waals surface area (Å²) in [5.74, 6) is 0. The summed E-state index contributed by atoms with van der Waals surface area (Å²) in [4.78, 5) is 10.4. The van der Waals surface area contributed by atoms with Crippen LogP contribution in [-0.2, 0) is 0 Å². The zero-order valence-corrected chi connectivity index (χ0v) is 10.6. The van der Waals surface area contributed by atoms with E-state index in [0.29, 0.717) is 6.04 Å². The molecular weight excluding hydrogens is 230 g/mol. The van der Waals surface area contributed by atoms with Crippen molar-refractivity contribution in [1.29, 1.82) is 0 Å². The highest BCUT2D eigenvalue weighted by atomic mass is 16.6. The van der Waals surface area contributed by atoms with Crippen molar-refractivity contribution in [2.75, 3.05) is 18.4 Å². The predicted octanol–water partition coefficient (Wildman–Crippen LogP) is 2.46. The van der Waals surface area contributed by atoms with Gasteiger partial charge in [-0.3, -0.25) is 10.1 Å². The summed E-state index contributed by atoms with van der Waals surface area (Å²) in [7, 11) is 0. The van der Waals surface area contributed by atoms with Crippen LogP contribution in [0, 0.1) is 17.0 Å². The van der Waals surface area contributed by atoms with Gasteiger partial charge in [0.25, 0.3) is 5.69 Å². The zero-order valence-electron chi connectivity index (χ0n) is 10.6. The summed E-state index contributed by atoms with van der Waals surface area (Å²) < 4.78 is 0. The summed E-state index contributed by atoms with van der Waals surface area (Å²) in [5.41, 5.74) is 2.05. The van der Waals surface area contributed by atoms with E-state index in [-0.39, 0.29) is 10.6 Å². The summed E-state index contributed by atoms with van der Waals surface area (Å²) >= 11 is 0. The van der Waals surface area contributed by atoms with Crippen LogP contribution in [0.1, 0.15) is 24.8 Å². The lowest BCUT2D eigenvalue weighted by Crippen LogP contribution is -2.24. The van der Waals surface area contributed by atoms with Gasteiger partial charge in [0.05, 0.1) is 4.92 Å². The first-order valence-corrected chi connectivity index (χ1v) is 6.39. The summed E-state index contributed by atoms with van der Waals surface area (Å²) in [6, 6.07) is 5.53. The van der Waals surface area contributed by atoms with Crippen LogP contribution < -0.4 is 10.6 Å².